The molecule has 1 aromatic carbocycles. The van der Waals surface area contributed by atoms with E-state index in [2.05, 4.69) is 5.32 Å². The lowest BCUT2D eigenvalue weighted by Crippen LogP contribution is -2.16. The zero-order valence-electron chi connectivity index (χ0n) is 11.3. The van der Waals surface area contributed by atoms with E-state index in [9.17, 15) is 9.18 Å². The summed E-state index contributed by atoms with van der Waals surface area (Å²) in [7, 11) is 1.37. The van der Waals surface area contributed by atoms with Crippen molar-refractivity contribution < 1.29 is 13.9 Å². The summed E-state index contributed by atoms with van der Waals surface area (Å²) in [5.41, 5.74) is 7.11. The number of benzene rings is 1. The number of ether oxygens (including phenoxy) is 1. The average molecular weight is 277 g/mol. The van der Waals surface area contributed by atoms with Gasteiger partial charge in [0.25, 0.3) is 5.91 Å². The molecule has 0 aliphatic carbocycles. The smallest absolute Gasteiger partial charge is 0.272 e. The number of hydrogen-bond acceptors (Lipinski definition) is 3. The van der Waals surface area contributed by atoms with Crippen molar-refractivity contribution in [2.45, 2.75) is 13.5 Å². The maximum absolute atomic E-state index is 13.3. The van der Waals surface area contributed by atoms with Crippen LogP contribution in [-0.4, -0.2) is 17.6 Å². The first-order valence-corrected chi connectivity index (χ1v) is 6.15. The fourth-order valence-corrected chi connectivity index (χ4v) is 1.92. The van der Waals surface area contributed by atoms with Crippen LogP contribution in [0.25, 0.3) is 0 Å². The monoisotopic (exact) mass is 277 g/mol. The number of nitrogen functional groups attached to an aromatic ring is 1. The molecular formula is C14H16FN3O2. The summed E-state index contributed by atoms with van der Waals surface area (Å²) in [5, 5.41) is 2.69. The van der Waals surface area contributed by atoms with E-state index in [0.717, 1.165) is 0 Å². The van der Waals surface area contributed by atoms with E-state index in [1.807, 2.05) is 6.92 Å². The van der Waals surface area contributed by atoms with Gasteiger partial charge in [-0.1, -0.05) is 0 Å². The van der Waals surface area contributed by atoms with Gasteiger partial charge in [-0.25, -0.2) is 4.39 Å². The molecule has 0 aliphatic heterocycles. The highest BCUT2D eigenvalue weighted by Crippen LogP contribution is 2.22. The molecule has 0 radical (unpaired) electrons. The van der Waals surface area contributed by atoms with Gasteiger partial charge in [-0.2, -0.15) is 0 Å². The van der Waals surface area contributed by atoms with E-state index >= 15 is 0 Å². The van der Waals surface area contributed by atoms with Crippen LogP contribution in [0.4, 0.5) is 15.8 Å². The standard InChI is InChI=1S/C14H16FN3O2/c1-3-18-8-9(16)6-12(18)14(19)17-10-4-5-11(15)13(7-10)20-2/h4-8H,3,16H2,1-2H3,(H,17,19). The predicted octanol–water partition coefficient (Wildman–Crippen LogP) is 2.49. The lowest BCUT2D eigenvalue weighted by atomic mass is 10.2. The van der Waals surface area contributed by atoms with E-state index in [1.54, 1.807) is 16.8 Å². The van der Waals surface area contributed by atoms with Crippen LogP contribution in [0.2, 0.25) is 0 Å². The van der Waals surface area contributed by atoms with E-state index in [0.29, 0.717) is 23.6 Å². The maximum atomic E-state index is 13.3. The van der Waals surface area contributed by atoms with E-state index in [1.165, 1.54) is 25.3 Å². The molecule has 0 saturated heterocycles. The first-order chi connectivity index (χ1) is 9.55. The van der Waals surface area contributed by atoms with Gasteiger partial charge >= 0.3 is 0 Å². The van der Waals surface area contributed by atoms with Gasteiger partial charge in [-0.3, -0.25) is 4.79 Å². The zero-order chi connectivity index (χ0) is 14.7. The van der Waals surface area contributed by atoms with Crippen molar-refractivity contribution in [2.24, 2.45) is 0 Å². The lowest BCUT2D eigenvalue weighted by molar-refractivity contribution is 0.101. The van der Waals surface area contributed by atoms with Crippen molar-refractivity contribution in [1.29, 1.82) is 0 Å². The molecule has 1 aromatic heterocycles. The molecule has 5 nitrogen and oxygen atoms in total. The normalized spacial score (nSPS) is 10.3. The van der Waals surface area contributed by atoms with Crippen LogP contribution in [-0.2, 0) is 6.54 Å². The topological polar surface area (TPSA) is 69.3 Å². The van der Waals surface area contributed by atoms with Gasteiger partial charge in [0.2, 0.25) is 0 Å². The average Bonchev–Trinajstić information content (AvgIpc) is 2.82. The minimum absolute atomic E-state index is 0.0770. The highest BCUT2D eigenvalue weighted by Gasteiger charge is 2.13. The van der Waals surface area contributed by atoms with Crippen molar-refractivity contribution in [2.75, 3.05) is 18.2 Å². The first-order valence-electron chi connectivity index (χ1n) is 6.15. The molecular weight excluding hydrogens is 261 g/mol. The maximum Gasteiger partial charge on any atom is 0.272 e. The van der Waals surface area contributed by atoms with E-state index in [4.69, 9.17) is 10.5 Å². The second-order valence-corrected chi connectivity index (χ2v) is 4.25. The quantitative estimate of drug-likeness (QED) is 0.902. The third-order valence-electron chi connectivity index (χ3n) is 2.90. The molecule has 2 aromatic rings. The predicted molar refractivity (Wildman–Crippen MR) is 75.4 cm³/mol. The van der Waals surface area contributed by atoms with Crippen LogP contribution >= 0.6 is 0 Å². The number of methoxy groups -OCH3 is 1. The number of nitrogens with two attached hydrogens (primary N) is 1. The van der Waals surface area contributed by atoms with Crippen LogP contribution in [0.5, 0.6) is 5.75 Å². The number of halogens is 1. The van der Waals surface area contributed by atoms with Crippen molar-refractivity contribution in [3.05, 3.63) is 42.0 Å². The molecule has 0 spiro atoms. The highest BCUT2D eigenvalue weighted by atomic mass is 19.1. The molecule has 0 atom stereocenters. The molecule has 0 fully saturated rings. The van der Waals surface area contributed by atoms with Crippen LogP contribution in [0, 0.1) is 5.82 Å². The second kappa shape index (κ2) is 5.64. The Balaban J connectivity index is 2.23. The summed E-state index contributed by atoms with van der Waals surface area (Å²) in [6.45, 7) is 2.55. The van der Waals surface area contributed by atoms with Crippen molar-refractivity contribution in [3.8, 4) is 5.75 Å². The van der Waals surface area contributed by atoms with Gasteiger partial charge in [0, 0.05) is 24.5 Å². The fraction of sp³-hybridized carbons (Fsp3) is 0.214. The fourth-order valence-electron chi connectivity index (χ4n) is 1.92. The van der Waals surface area contributed by atoms with Crippen LogP contribution in [0.3, 0.4) is 0 Å². The van der Waals surface area contributed by atoms with Gasteiger partial charge in [-0.05, 0) is 25.1 Å². The number of aryl methyl sites for hydroxylation is 1. The van der Waals surface area contributed by atoms with Crippen LogP contribution in [0.1, 0.15) is 17.4 Å². The van der Waals surface area contributed by atoms with Gasteiger partial charge in [0.05, 0.1) is 12.8 Å². The Labute approximate surface area is 116 Å². The summed E-state index contributed by atoms with van der Waals surface area (Å²) in [6.07, 6.45) is 1.69. The molecule has 106 valence electrons. The van der Waals surface area contributed by atoms with Crippen molar-refractivity contribution in [3.63, 3.8) is 0 Å². The molecule has 1 amide bonds. The molecule has 6 heteroatoms. The van der Waals surface area contributed by atoms with Crippen LogP contribution < -0.4 is 15.8 Å². The molecule has 20 heavy (non-hydrogen) atoms. The Morgan fingerprint density at radius 3 is 2.85 bits per heavy atom. The zero-order valence-corrected chi connectivity index (χ0v) is 11.3. The molecule has 3 N–H and O–H groups in total. The molecule has 2 rings (SSSR count). The summed E-state index contributed by atoms with van der Waals surface area (Å²) in [5.74, 6) is -0.711. The second-order valence-electron chi connectivity index (χ2n) is 4.25. The number of rotatable bonds is 4. The van der Waals surface area contributed by atoms with Crippen molar-refractivity contribution in [1.82, 2.24) is 4.57 Å². The SMILES string of the molecule is CCn1cc(N)cc1C(=O)Nc1ccc(F)c(OC)c1. The van der Waals surface area contributed by atoms with E-state index in [-0.39, 0.29) is 11.7 Å². The summed E-state index contributed by atoms with van der Waals surface area (Å²) < 4.78 is 19.9. The number of amides is 1. The van der Waals surface area contributed by atoms with Gasteiger partial charge in [-0.15, -0.1) is 0 Å². The summed E-state index contributed by atoms with van der Waals surface area (Å²) in [6, 6.07) is 5.73. The molecule has 0 bridgehead atoms. The number of carbonyl (C=O) groups is 1. The lowest BCUT2D eigenvalue weighted by Gasteiger charge is -2.09. The summed E-state index contributed by atoms with van der Waals surface area (Å²) >= 11 is 0. The largest absolute Gasteiger partial charge is 0.494 e. The highest BCUT2D eigenvalue weighted by molar-refractivity contribution is 6.03. The third-order valence-corrected chi connectivity index (χ3v) is 2.90. The number of carbonyl (C=O) groups excluding carboxylic acids is 1. The van der Waals surface area contributed by atoms with Gasteiger partial charge in [0.1, 0.15) is 5.69 Å². The van der Waals surface area contributed by atoms with Gasteiger partial charge < -0.3 is 20.4 Å². The number of hydrogen-bond donors (Lipinski definition) is 2. The van der Waals surface area contributed by atoms with Crippen molar-refractivity contribution >= 4 is 17.3 Å². The minimum atomic E-state index is -0.480. The molecule has 0 aliphatic rings. The Bertz CT molecular complexity index is 637. The number of aromatic nitrogens is 1. The Kier molecular flexibility index (Phi) is 3.93. The number of anilines is 2. The first kappa shape index (κ1) is 13.9. The Hall–Kier alpha value is -2.50. The molecule has 0 unspecified atom stereocenters. The third kappa shape index (κ3) is 2.74. The van der Waals surface area contributed by atoms with E-state index < -0.39 is 5.82 Å². The molecule has 1 heterocycles. The summed E-state index contributed by atoms with van der Waals surface area (Å²) in [4.78, 5) is 12.2. The number of nitrogens with one attached hydrogen (secondary N) is 1. The van der Waals surface area contributed by atoms with Crippen LogP contribution in [0.15, 0.2) is 30.5 Å². The minimum Gasteiger partial charge on any atom is -0.494 e. The molecule has 0 saturated carbocycles. The Morgan fingerprint density at radius 2 is 2.20 bits per heavy atom. The number of nitrogens with zero attached hydrogens (tertiary/aromatic N) is 1. The van der Waals surface area contributed by atoms with Gasteiger partial charge in [0.15, 0.2) is 11.6 Å². The Morgan fingerprint density at radius 1 is 1.45 bits per heavy atom.